The summed E-state index contributed by atoms with van der Waals surface area (Å²) in [6.45, 7) is 2.72. The molecule has 5 atom stereocenters. The maximum Gasteiger partial charge on any atom is 0.183 e. The van der Waals surface area contributed by atoms with Crippen molar-refractivity contribution in [3.8, 4) is 0 Å². The van der Waals surface area contributed by atoms with E-state index in [9.17, 15) is 15.3 Å². The molecule has 0 radical (unpaired) electrons. The molecular formula is C19H38O6. The van der Waals surface area contributed by atoms with Crippen molar-refractivity contribution < 1.29 is 29.5 Å². The van der Waals surface area contributed by atoms with Crippen molar-refractivity contribution in [3.05, 3.63) is 0 Å². The molecule has 0 amide bonds. The van der Waals surface area contributed by atoms with Gasteiger partial charge in [-0.15, -0.1) is 0 Å². The summed E-state index contributed by atoms with van der Waals surface area (Å²) in [5.41, 5.74) is 0. The Morgan fingerprint density at radius 1 is 0.960 bits per heavy atom. The smallest absolute Gasteiger partial charge is 0.183 e. The van der Waals surface area contributed by atoms with E-state index in [4.69, 9.17) is 9.47 Å². The van der Waals surface area contributed by atoms with Crippen LogP contribution in [0.4, 0.5) is 0 Å². The third-order valence-corrected chi connectivity index (χ3v) is 4.84. The van der Waals surface area contributed by atoms with Gasteiger partial charge >= 0.3 is 0 Å². The molecule has 0 saturated carbocycles. The first-order chi connectivity index (χ1) is 12.1. The third-order valence-electron chi connectivity index (χ3n) is 4.84. The fraction of sp³-hybridized carbons (Fsp3) is 1.00. The SMILES string of the molecule is CCCCCCCCCCCC1OCC[C@H](C(O)C(O)[C@H](O)OC)O1. The zero-order valence-electron chi connectivity index (χ0n) is 15.9. The fourth-order valence-corrected chi connectivity index (χ4v) is 3.17. The zero-order chi connectivity index (χ0) is 18.5. The Labute approximate surface area is 152 Å². The molecule has 0 bridgehead atoms. The molecule has 1 aliphatic rings. The Kier molecular flexibility index (Phi) is 12.7. The molecule has 3 N–H and O–H groups in total. The topological polar surface area (TPSA) is 88.4 Å². The average Bonchev–Trinajstić information content (AvgIpc) is 2.65. The number of ether oxygens (including phenoxy) is 3. The van der Waals surface area contributed by atoms with E-state index in [1.165, 1.54) is 52.1 Å². The van der Waals surface area contributed by atoms with Crippen molar-refractivity contribution in [2.45, 2.75) is 108 Å². The van der Waals surface area contributed by atoms with Gasteiger partial charge in [-0.25, -0.2) is 0 Å². The van der Waals surface area contributed by atoms with Crippen molar-refractivity contribution in [2.75, 3.05) is 13.7 Å². The lowest BCUT2D eigenvalue weighted by molar-refractivity contribution is -0.260. The van der Waals surface area contributed by atoms with E-state index >= 15 is 0 Å². The van der Waals surface area contributed by atoms with Crippen molar-refractivity contribution in [3.63, 3.8) is 0 Å². The number of rotatable bonds is 14. The van der Waals surface area contributed by atoms with Gasteiger partial charge in [0.25, 0.3) is 0 Å². The first-order valence-corrected chi connectivity index (χ1v) is 9.94. The standard InChI is InChI=1S/C19H38O6/c1-3-4-5-6-7-8-9-10-11-12-16-24-14-13-15(25-16)17(20)18(21)19(22)23-2/h15-22H,3-14H2,1-2H3/t15-,16?,17?,18?,19-/m1/s1. The monoisotopic (exact) mass is 362 g/mol. The molecule has 6 nitrogen and oxygen atoms in total. The number of aliphatic hydroxyl groups excluding tert-OH is 3. The van der Waals surface area contributed by atoms with Gasteiger partial charge in [0.05, 0.1) is 12.7 Å². The summed E-state index contributed by atoms with van der Waals surface area (Å²) in [6, 6.07) is 0. The highest BCUT2D eigenvalue weighted by Crippen LogP contribution is 2.22. The van der Waals surface area contributed by atoms with Crippen LogP contribution < -0.4 is 0 Å². The second-order valence-corrected chi connectivity index (χ2v) is 6.99. The first-order valence-electron chi connectivity index (χ1n) is 9.94. The first kappa shape index (κ1) is 22.8. The molecular weight excluding hydrogens is 324 g/mol. The van der Waals surface area contributed by atoms with Crippen LogP contribution in [0.25, 0.3) is 0 Å². The molecule has 1 fully saturated rings. The molecule has 0 aromatic rings. The molecule has 1 saturated heterocycles. The molecule has 1 rings (SSSR count). The van der Waals surface area contributed by atoms with E-state index in [1.807, 2.05) is 0 Å². The van der Waals surface area contributed by atoms with Gasteiger partial charge < -0.3 is 29.5 Å². The predicted molar refractivity (Wildman–Crippen MR) is 96.1 cm³/mol. The van der Waals surface area contributed by atoms with Crippen LogP contribution in [0.1, 0.15) is 77.6 Å². The lowest BCUT2D eigenvalue weighted by atomic mass is 10.0. The molecule has 0 aromatic heterocycles. The summed E-state index contributed by atoms with van der Waals surface area (Å²) in [7, 11) is 1.28. The van der Waals surface area contributed by atoms with Crippen LogP contribution in [0.3, 0.4) is 0 Å². The van der Waals surface area contributed by atoms with Crippen LogP contribution in [0, 0.1) is 0 Å². The number of methoxy groups -OCH3 is 1. The second kappa shape index (κ2) is 13.9. The molecule has 3 unspecified atom stereocenters. The second-order valence-electron chi connectivity index (χ2n) is 6.99. The van der Waals surface area contributed by atoms with Crippen molar-refractivity contribution in [1.82, 2.24) is 0 Å². The van der Waals surface area contributed by atoms with E-state index in [1.54, 1.807) is 0 Å². The fourth-order valence-electron chi connectivity index (χ4n) is 3.17. The predicted octanol–water partition coefficient (Wildman–Crippen LogP) is 2.73. The summed E-state index contributed by atoms with van der Waals surface area (Å²) < 4.78 is 16.0. The lowest BCUT2D eigenvalue weighted by Gasteiger charge is -2.35. The molecule has 1 heterocycles. The van der Waals surface area contributed by atoms with Crippen molar-refractivity contribution in [2.24, 2.45) is 0 Å². The quantitative estimate of drug-likeness (QED) is 0.325. The van der Waals surface area contributed by atoms with Crippen molar-refractivity contribution >= 4 is 0 Å². The van der Waals surface area contributed by atoms with Gasteiger partial charge in [0.15, 0.2) is 12.6 Å². The number of hydrogen-bond donors (Lipinski definition) is 3. The van der Waals surface area contributed by atoms with Gasteiger partial charge in [-0.3, -0.25) is 0 Å². The van der Waals surface area contributed by atoms with Gasteiger partial charge in [0.1, 0.15) is 12.2 Å². The van der Waals surface area contributed by atoms with Crippen LogP contribution >= 0.6 is 0 Å². The summed E-state index contributed by atoms with van der Waals surface area (Å²) in [5.74, 6) is 0. The minimum Gasteiger partial charge on any atom is -0.387 e. The highest BCUT2D eigenvalue weighted by atomic mass is 16.7. The van der Waals surface area contributed by atoms with Gasteiger partial charge in [0.2, 0.25) is 0 Å². The Morgan fingerprint density at radius 2 is 1.56 bits per heavy atom. The third kappa shape index (κ3) is 9.31. The molecule has 150 valence electrons. The van der Waals surface area contributed by atoms with E-state index in [2.05, 4.69) is 11.7 Å². The summed E-state index contributed by atoms with van der Waals surface area (Å²) in [6.07, 6.45) is 7.78. The van der Waals surface area contributed by atoms with E-state index in [-0.39, 0.29) is 6.29 Å². The summed E-state index contributed by atoms with van der Waals surface area (Å²) in [5, 5.41) is 29.4. The Morgan fingerprint density at radius 3 is 2.16 bits per heavy atom. The average molecular weight is 363 g/mol. The Hall–Kier alpha value is -0.240. The number of hydrogen-bond acceptors (Lipinski definition) is 6. The zero-order valence-corrected chi connectivity index (χ0v) is 15.9. The number of aliphatic hydroxyl groups is 3. The van der Waals surface area contributed by atoms with E-state index in [0.29, 0.717) is 13.0 Å². The largest absolute Gasteiger partial charge is 0.387 e. The van der Waals surface area contributed by atoms with Gasteiger partial charge in [-0.05, 0) is 19.3 Å². The van der Waals surface area contributed by atoms with Crippen molar-refractivity contribution in [1.29, 1.82) is 0 Å². The molecule has 0 aliphatic carbocycles. The van der Waals surface area contributed by atoms with E-state index < -0.39 is 24.6 Å². The minimum absolute atomic E-state index is 0.343. The number of unbranched alkanes of at least 4 members (excludes halogenated alkanes) is 8. The van der Waals surface area contributed by atoms with Crippen LogP contribution in [-0.2, 0) is 14.2 Å². The normalized spacial score (nSPS) is 24.8. The van der Waals surface area contributed by atoms with Gasteiger partial charge in [-0.2, -0.15) is 0 Å². The van der Waals surface area contributed by atoms with Gasteiger partial charge in [0, 0.05) is 7.11 Å². The molecule has 0 aromatic carbocycles. The van der Waals surface area contributed by atoms with Crippen LogP contribution in [0.15, 0.2) is 0 Å². The molecule has 1 aliphatic heterocycles. The maximum absolute atomic E-state index is 10.1. The molecule has 6 heteroatoms. The van der Waals surface area contributed by atoms with Crippen LogP contribution in [0.5, 0.6) is 0 Å². The summed E-state index contributed by atoms with van der Waals surface area (Å²) in [4.78, 5) is 0. The van der Waals surface area contributed by atoms with Gasteiger partial charge in [-0.1, -0.05) is 58.3 Å². The maximum atomic E-state index is 10.1. The molecule has 0 spiro atoms. The van der Waals surface area contributed by atoms with Crippen LogP contribution in [0.2, 0.25) is 0 Å². The Balaban J connectivity index is 2.12. The minimum atomic E-state index is -1.42. The lowest BCUT2D eigenvalue weighted by Crippen LogP contribution is -2.49. The Bertz CT molecular complexity index is 314. The summed E-state index contributed by atoms with van der Waals surface area (Å²) >= 11 is 0. The van der Waals surface area contributed by atoms with E-state index in [0.717, 1.165) is 19.3 Å². The molecule has 25 heavy (non-hydrogen) atoms. The van der Waals surface area contributed by atoms with Crippen LogP contribution in [-0.4, -0.2) is 59.9 Å². The highest BCUT2D eigenvalue weighted by molar-refractivity contribution is 4.80. The highest BCUT2D eigenvalue weighted by Gasteiger charge is 2.35.